The Morgan fingerprint density at radius 1 is 1.32 bits per heavy atom. The molecule has 0 amide bonds. The van der Waals surface area contributed by atoms with Crippen LogP contribution in [0.4, 0.5) is 0 Å². The van der Waals surface area contributed by atoms with Crippen LogP contribution in [0, 0.1) is 0 Å². The van der Waals surface area contributed by atoms with Crippen LogP contribution in [0.25, 0.3) is 0 Å². The maximum absolute atomic E-state index is 11.6. The van der Waals surface area contributed by atoms with Crippen molar-refractivity contribution in [3.8, 4) is 5.75 Å². The molecule has 0 unspecified atom stereocenters. The zero-order chi connectivity index (χ0) is 15.9. The molecular formula is C16H18N2O3S. The lowest BCUT2D eigenvalue weighted by molar-refractivity contribution is 0.0600. The van der Waals surface area contributed by atoms with Gasteiger partial charge in [-0.15, -0.1) is 11.3 Å². The fourth-order valence-corrected chi connectivity index (χ4v) is 2.68. The number of amidine groups is 1. The van der Waals surface area contributed by atoms with Crippen molar-refractivity contribution in [3.63, 3.8) is 0 Å². The quantitative estimate of drug-likeness (QED) is 0.504. The summed E-state index contributed by atoms with van der Waals surface area (Å²) in [6.07, 6.45) is 0.831. The summed E-state index contributed by atoms with van der Waals surface area (Å²) < 4.78 is 9.99. The number of benzene rings is 1. The van der Waals surface area contributed by atoms with Crippen molar-refractivity contribution in [1.29, 1.82) is 0 Å². The molecule has 6 heteroatoms. The van der Waals surface area contributed by atoms with Gasteiger partial charge in [-0.05, 0) is 29.6 Å². The molecule has 0 atom stereocenters. The van der Waals surface area contributed by atoms with Crippen LogP contribution in [-0.2, 0) is 11.2 Å². The van der Waals surface area contributed by atoms with Crippen molar-refractivity contribution in [1.82, 2.24) is 0 Å². The second-order valence-corrected chi connectivity index (χ2v) is 5.54. The first-order chi connectivity index (χ1) is 10.7. The summed E-state index contributed by atoms with van der Waals surface area (Å²) in [4.78, 5) is 17.2. The van der Waals surface area contributed by atoms with Gasteiger partial charge >= 0.3 is 5.97 Å². The third-order valence-electron chi connectivity index (χ3n) is 3.12. The summed E-state index contributed by atoms with van der Waals surface area (Å²) in [6.45, 7) is 0.581. The normalized spacial score (nSPS) is 11.3. The molecule has 0 saturated carbocycles. The Labute approximate surface area is 133 Å². The largest absolute Gasteiger partial charge is 0.496 e. The number of methoxy groups -OCH3 is 2. The molecule has 0 aliphatic heterocycles. The fraction of sp³-hybridized carbons (Fsp3) is 0.250. The number of carbonyl (C=O) groups excluding carboxylic acids is 1. The summed E-state index contributed by atoms with van der Waals surface area (Å²) in [5, 5.41) is 2.03. The number of esters is 1. The van der Waals surface area contributed by atoms with Crippen LogP contribution in [0.3, 0.4) is 0 Å². The van der Waals surface area contributed by atoms with E-state index in [4.69, 9.17) is 15.2 Å². The number of aliphatic imine (C=N–C) groups is 1. The number of nitrogens with zero attached hydrogens (tertiary/aromatic N) is 1. The van der Waals surface area contributed by atoms with Crippen molar-refractivity contribution in [2.24, 2.45) is 10.7 Å². The standard InChI is InChI=1S/C16H18N2O3S/c1-20-14-6-5-11(16(19)21-2)10-13(14)15(17)18-8-7-12-4-3-9-22-12/h3-6,9-10H,7-8H2,1-2H3,(H2,17,18). The van der Waals surface area contributed by atoms with Gasteiger partial charge in [-0.25, -0.2) is 4.79 Å². The third-order valence-corrected chi connectivity index (χ3v) is 4.05. The molecule has 2 rings (SSSR count). The van der Waals surface area contributed by atoms with E-state index in [1.165, 1.54) is 12.0 Å². The van der Waals surface area contributed by atoms with Gasteiger partial charge in [0.05, 0.1) is 25.3 Å². The monoisotopic (exact) mass is 318 g/mol. The van der Waals surface area contributed by atoms with Crippen molar-refractivity contribution in [2.45, 2.75) is 6.42 Å². The van der Waals surface area contributed by atoms with Crippen LogP contribution in [0.5, 0.6) is 5.75 Å². The van der Waals surface area contributed by atoms with Crippen molar-refractivity contribution < 1.29 is 14.3 Å². The maximum atomic E-state index is 11.6. The lowest BCUT2D eigenvalue weighted by atomic mass is 10.1. The van der Waals surface area contributed by atoms with Crippen LogP contribution < -0.4 is 10.5 Å². The highest BCUT2D eigenvalue weighted by Gasteiger charge is 2.12. The molecule has 0 radical (unpaired) electrons. The number of rotatable bonds is 6. The second-order valence-electron chi connectivity index (χ2n) is 4.50. The highest BCUT2D eigenvalue weighted by atomic mass is 32.1. The maximum Gasteiger partial charge on any atom is 0.337 e. The Morgan fingerprint density at radius 3 is 2.77 bits per heavy atom. The minimum absolute atomic E-state index is 0.346. The predicted octanol–water partition coefficient (Wildman–Crippen LogP) is 2.49. The smallest absolute Gasteiger partial charge is 0.337 e. The van der Waals surface area contributed by atoms with Crippen LogP contribution >= 0.6 is 11.3 Å². The Bertz CT molecular complexity index is 666. The SMILES string of the molecule is COC(=O)c1ccc(OC)c(C(N)=NCCc2cccs2)c1. The van der Waals surface area contributed by atoms with Crippen molar-refractivity contribution in [2.75, 3.05) is 20.8 Å². The fourth-order valence-electron chi connectivity index (χ4n) is 1.98. The molecule has 116 valence electrons. The van der Waals surface area contributed by atoms with Gasteiger partial charge in [0.15, 0.2) is 0 Å². The van der Waals surface area contributed by atoms with Crippen LogP contribution in [0.15, 0.2) is 40.7 Å². The van der Waals surface area contributed by atoms with E-state index in [0.717, 1.165) is 6.42 Å². The Kier molecular flexibility index (Phi) is 5.55. The first-order valence-electron chi connectivity index (χ1n) is 6.74. The molecule has 1 aromatic carbocycles. The first kappa shape index (κ1) is 16.0. The molecule has 0 saturated heterocycles. The number of nitrogens with two attached hydrogens (primary N) is 1. The van der Waals surface area contributed by atoms with Gasteiger partial charge in [-0.3, -0.25) is 4.99 Å². The molecule has 0 fully saturated rings. The summed E-state index contributed by atoms with van der Waals surface area (Å²) in [7, 11) is 2.89. The molecule has 0 spiro atoms. The van der Waals surface area contributed by atoms with Crippen LogP contribution in [-0.4, -0.2) is 32.6 Å². The molecule has 1 heterocycles. The Balaban J connectivity index is 2.18. The first-order valence-corrected chi connectivity index (χ1v) is 7.62. The summed E-state index contributed by atoms with van der Waals surface area (Å²) in [6, 6.07) is 9.02. The molecule has 22 heavy (non-hydrogen) atoms. The van der Waals surface area contributed by atoms with E-state index in [-0.39, 0.29) is 0 Å². The third kappa shape index (κ3) is 3.85. The molecule has 2 N–H and O–H groups in total. The number of hydrogen-bond donors (Lipinski definition) is 1. The van der Waals surface area contributed by atoms with Gasteiger partial charge in [0.25, 0.3) is 0 Å². The van der Waals surface area contributed by atoms with Gasteiger partial charge < -0.3 is 15.2 Å². The van der Waals surface area contributed by atoms with E-state index in [1.54, 1.807) is 36.6 Å². The Morgan fingerprint density at radius 2 is 2.14 bits per heavy atom. The predicted molar refractivity (Wildman–Crippen MR) is 87.9 cm³/mol. The highest BCUT2D eigenvalue weighted by Crippen LogP contribution is 2.20. The number of carbonyl (C=O) groups is 1. The molecule has 0 aliphatic rings. The van der Waals surface area contributed by atoms with E-state index in [0.29, 0.717) is 29.3 Å². The van der Waals surface area contributed by atoms with Gasteiger partial charge in [0.2, 0.25) is 0 Å². The molecular weight excluding hydrogens is 300 g/mol. The second kappa shape index (κ2) is 7.61. The van der Waals surface area contributed by atoms with Crippen LogP contribution in [0.1, 0.15) is 20.8 Å². The van der Waals surface area contributed by atoms with Crippen molar-refractivity contribution >= 4 is 23.1 Å². The average Bonchev–Trinajstić information content (AvgIpc) is 3.06. The summed E-state index contributed by atoms with van der Waals surface area (Å²) in [5.41, 5.74) is 7.05. The molecule has 0 aliphatic carbocycles. The molecule has 0 bridgehead atoms. The van der Waals surface area contributed by atoms with Gasteiger partial charge in [0.1, 0.15) is 11.6 Å². The van der Waals surface area contributed by atoms with E-state index in [1.807, 2.05) is 11.4 Å². The van der Waals surface area contributed by atoms with Crippen LogP contribution in [0.2, 0.25) is 0 Å². The number of hydrogen-bond acceptors (Lipinski definition) is 5. The van der Waals surface area contributed by atoms with Gasteiger partial charge in [-0.2, -0.15) is 0 Å². The number of thiophene rings is 1. The Hall–Kier alpha value is -2.34. The van der Waals surface area contributed by atoms with E-state index in [9.17, 15) is 4.79 Å². The van der Waals surface area contributed by atoms with E-state index < -0.39 is 5.97 Å². The van der Waals surface area contributed by atoms with Gasteiger partial charge in [0, 0.05) is 17.8 Å². The average molecular weight is 318 g/mol. The number of ether oxygens (including phenoxy) is 2. The lowest BCUT2D eigenvalue weighted by Crippen LogP contribution is -2.17. The van der Waals surface area contributed by atoms with E-state index in [2.05, 4.69) is 11.1 Å². The van der Waals surface area contributed by atoms with Gasteiger partial charge in [-0.1, -0.05) is 6.07 Å². The zero-order valence-corrected chi connectivity index (χ0v) is 13.4. The van der Waals surface area contributed by atoms with Crippen molar-refractivity contribution in [3.05, 3.63) is 51.7 Å². The summed E-state index contributed by atoms with van der Waals surface area (Å²) in [5.74, 6) is 0.500. The topological polar surface area (TPSA) is 73.9 Å². The minimum atomic E-state index is -0.421. The lowest BCUT2D eigenvalue weighted by Gasteiger charge is -2.10. The minimum Gasteiger partial charge on any atom is -0.496 e. The molecule has 5 nitrogen and oxygen atoms in total. The summed E-state index contributed by atoms with van der Waals surface area (Å²) >= 11 is 1.69. The van der Waals surface area contributed by atoms with E-state index >= 15 is 0 Å². The zero-order valence-electron chi connectivity index (χ0n) is 12.5. The molecule has 1 aromatic heterocycles. The highest BCUT2D eigenvalue weighted by molar-refractivity contribution is 7.09. The molecule has 2 aromatic rings.